The van der Waals surface area contributed by atoms with Crippen molar-refractivity contribution >= 4 is 0 Å². The summed E-state index contributed by atoms with van der Waals surface area (Å²) in [6.07, 6.45) is -4.11. The number of alkyl halides is 3. The normalized spacial score (nSPS) is 11.6. The molecule has 0 aliphatic heterocycles. The Bertz CT molecular complexity index is 360. The van der Waals surface area contributed by atoms with Crippen LogP contribution in [0.1, 0.15) is 0 Å². The monoisotopic (exact) mass is 180 g/mol. The number of hydrogen-bond donors (Lipinski definition) is 1. The summed E-state index contributed by atoms with van der Waals surface area (Å²) in [5, 5.41) is 0. The number of aromatic amines is 1. The predicted octanol–water partition coefficient (Wildman–Crippen LogP) is 0.0129. The zero-order valence-corrected chi connectivity index (χ0v) is 5.55. The summed E-state index contributed by atoms with van der Waals surface area (Å²) in [7, 11) is 0. The summed E-state index contributed by atoms with van der Waals surface area (Å²) >= 11 is 0. The quantitative estimate of drug-likeness (QED) is 0.611. The van der Waals surface area contributed by atoms with Crippen LogP contribution in [0.4, 0.5) is 13.2 Å². The van der Waals surface area contributed by atoms with E-state index in [0.717, 1.165) is 6.20 Å². The van der Waals surface area contributed by atoms with Crippen LogP contribution in [0.2, 0.25) is 0 Å². The van der Waals surface area contributed by atoms with Crippen LogP contribution in [0.3, 0.4) is 0 Å². The molecule has 12 heavy (non-hydrogen) atoms. The second-order valence-corrected chi connectivity index (χ2v) is 1.92. The van der Waals surface area contributed by atoms with Crippen molar-refractivity contribution in [3.63, 3.8) is 0 Å². The van der Waals surface area contributed by atoms with Crippen molar-refractivity contribution in [2.45, 2.75) is 6.30 Å². The molecule has 0 fully saturated rings. The second-order valence-electron chi connectivity index (χ2n) is 1.92. The van der Waals surface area contributed by atoms with Gasteiger partial charge in [0, 0.05) is 12.3 Å². The summed E-state index contributed by atoms with van der Waals surface area (Å²) in [6.45, 7) is 0. The van der Waals surface area contributed by atoms with Crippen LogP contribution in [-0.2, 0) is 6.30 Å². The Kier molecular flexibility index (Phi) is 1.79. The Morgan fingerprint density at radius 3 is 2.25 bits per heavy atom. The Morgan fingerprint density at radius 2 is 1.92 bits per heavy atom. The first-order valence-electron chi connectivity index (χ1n) is 2.81. The Labute approximate surface area is 63.3 Å². The molecule has 7 heteroatoms. The van der Waals surface area contributed by atoms with Crippen LogP contribution in [0.15, 0.2) is 21.9 Å². The molecule has 0 aliphatic carbocycles. The minimum atomic E-state index is -4.97. The standard InChI is InChI=1S/C5H3F3N2O2/c6-5(7,8)10-3(11)1-2-9-4(10)12/h1-2H,(H,9,12). The highest BCUT2D eigenvalue weighted by molar-refractivity contribution is 4.83. The van der Waals surface area contributed by atoms with Crippen LogP contribution < -0.4 is 11.2 Å². The van der Waals surface area contributed by atoms with E-state index in [2.05, 4.69) is 0 Å². The fourth-order valence-corrected chi connectivity index (χ4v) is 0.664. The van der Waals surface area contributed by atoms with E-state index in [1.165, 1.54) is 0 Å². The molecule has 0 radical (unpaired) electrons. The van der Waals surface area contributed by atoms with Gasteiger partial charge in [0.1, 0.15) is 0 Å². The maximum Gasteiger partial charge on any atom is 0.495 e. The molecule has 1 N–H and O–H groups in total. The Morgan fingerprint density at radius 1 is 1.33 bits per heavy atom. The lowest BCUT2D eigenvalue weighted by Crippen LogP contribution is -2.41. The molecule has 0 atom stereocenters. The highest BCUT2D eigenvalue weighted by Gasteiger charge is 2.33. The van der Waals surface area contributed by atoms with Gasteiger partial charge >= 0.3 is 12.0 Å². The number of rotatable bonds is 0. The molecule has 0 aromatic carbocycles. The van der Waals surface area contributed by atoms with Gasteiger partial charge in [-0.05, 0) is 0 Å². The first kappa shape index (κ1) is 8.57. The van der Waals surface area contributed by atoms with Gasteiger partial charge in [-0.3, -0.25) is 4.79 Å². The highest BCUT2D eigenvalue weighted by Crippen LogP contribution is 2.16. The van der Waals surface area contributed by atoms with Gasteiger partial charge < -0.3 is 4.98 Å². The van der Waals surface area contributed by atoms with Gasteiger partial charge in [-0.25, -0.2) is 4.79 Å². The fourth-order valence-electron chi connectivity index (χ4n) is 0.664. The smallest absolute Gasteiger partial charge is 0.314 e. The molecule has 1 aromatic rings. The lowest BCUT2D eigenvalue weighted by atomic mass is 10.6. The van der Waals surface area contributed by atoms with Crippen molar-refractivity contribution in [2.24, 2.45) is 0 Å². The van der Waals surface area contributed by atoms with Crippen LogP contribution in [0, 0.1) is 0 Å². The van der Waals surface area contributed by atoms with Crippen molar-refractivity contribution in [2.75, 3.05) is 0 Å². The maximum atomic E-state index is 11.9. The van der Waals surface area contributed by atoms with Crippen molar-refractivity contribution in [1.29, 1.82) is 0 Å². The Hall–Kier alpha value is -1.53. The number of nitrogens with zero attached hydrogens (tertiary/aromatic N) is 1. The topological polar surface area (TPSA) is 54.9 Å². The van der Waals surface area contributed by atoms with Gasteiger partial charge in [-0.1, -0.05) is 0 Å². The molecule has 0 bridgehead atoms. The molecule has 1 rings (SSSR count). The largest absolute Gasteiger partial charge is 0.495 e. The predicted molar refractivity (Wildman–Crippen MR) is 32.6 cm³/mol. The molecule has 0 saturated carbocycles. The molecule has 0 spiro atoms. The molecule has 0 unspecified atom stereocenters. The van der Waals surface area contributed by atoms with Gasteiger partial charge in [0.05, 0.1) is 0 Å². The first-order chi connectivity index (χ1) is 5.43. The van der Waals surface area contributed by atoms with E-state index in [1.54, 1.807) is 4.98 Å². The van der Waals surface area contributed by atoms with E-state index in [9.17, 15) is 22.8 Å². The third kappa shape index (κ3) is 1.39. The molecule has 66 valence electrons. The molecule has 4 nitrogen and oxygen atoms in total. The minimum absolute atomic E-state index is 0.620. The molecule has 0 saturated heterocycles. The maximum absolute atomic E-state index is 11.9. The number of hydrogen-bond acceptors (Lipinski definition) is 2. The first-order valence-corrected chi connectivity index (χ1v) is 2.81. The van der Waals surface area contributed by atoms with Gasteiger partial charge in [0.15, 0.2) is 0 Å². The average molecular weight is 180 g/mol. The molecule has 0 aliphatic rings. The van der Waals surface area contributed by atoms with Crippen LogP contribution in [-0.4, -0.2) is 9.55 Å². The van der Waals surface area contributed by atoms with E-state index >= 15 is 0 Å². The summed E-state index contributed by atoms with van der Waals surface area (Å²) in [5.41, 5.74) is -2.89. The zero-order valence-electron chi connectivity index (χ0n) is 5.55. The van der Waals surface area contributed by atoms with Gasteiger partial charge in [0.25, 0.3) is 5.56 Å². The lowest BCUT2D eigenvalue weighted by molar-refractivity contribution is -0.209. The molecular weight excluding hydrogens is 177 g/mol. The third-order valence-electron chi connectivity index (χ3n) is 1.11. The molecule has 0 amide bonds. The SMILES string of the molecule is O=c1cc[nH]c(=O)n1C(F)(F)F. The zero-order chi connectivity index (χ0) is 9.35. The average Bonchev–Trinajstić information content (AvgIpc) is 1.82. The fraction of sp³-hybridized carbons (Fsp3) is 0.200. The highest BCUT2D eigenvalue weighted by atomic mass is 19.4. The van der Waals surface area contributed by atoms with Crippen LogP contribution in [0.5, 0.6) is 0 Å². The summed E-state index contributed by atoms with van der Waals surface area (Å²) < 4.78 is 34.7. The van der Waals surface area contributed by atoms with E-state index in [4.69, 9.17) is 0 Å². The summed E-state index contributed by atoms with van der Waals surface area (Å²) in [4.78, 5) is 22.7. The van der Waals surface area contributed by atoms with Gasteiger partial charge in [-0.2, -0.15) is 4.57 Å². The lowest BCUT2D eigenvalue weighted by Gasteiger charge is -2.05. The third-order valence-corrected chi connectivity index (χ3v) is 1.11. The van der Waals surface area contributed by atoms with Crippen molar-refractivity contribution in [1.82, 2.24) is 9.55 Å². The summed E-state index contributed by atoms with van der Waals surface area (Å²) in [6, 6.07) is 0.620. The molecule has 1 aromatic heterocycles. The Balaban J connectivity index is 3.53. The van der Waals surface area contributed by atoms with E-state index in [-0.39, 0.29) is 0 Å². The van der Waals surface area contributed by atoms with E-state index in [0.29, 0.717) is 6.07 Å². The number of nitrogens with one attached hydrogen (secondary N) is 1. The van der Waals surface area contributed by atoms with Crippen molar-refractivity contribution < 1.29 is 13.2 Å². The number of aromatic nitrogens is 2. The van der Waals surface area contributed by atoms with Crippen molar-refractivity contribution in [3.05, 3.63) is 33.1 Å². The van der Waals surface area contributed by atoms with E-state index in [1.807, 2.05) is 0 Å². The number of halogens is 3. The summed E-state index contributed by atoms with van der Waals surface area (Å²) in [5.74, 6) is 0. The number of H-pyrrole nitrogens is 1. The van der Waals surface area contributed by atoms with E-state index < -0.39 is 22.1 Å². The second kappa shape index (κ2) is 2.50. The molecular formula is C5H3F3N2O2. The van der Waals surface area contributed by atoms with Gasteiger partial charge in [0.2, 0.25) is 0 Å². The minimum Gasteiger partial charge on any atom is -0.314 e. The van der Waals surface area contributed by atoms with Gasteiger partial charge in [-0.15, -0.1) is 13.2 Å². The molecule has 1 heterocycles. The van der Waals surface area contributed by atoms with Crippen LogP contribution >= 0.6 is 0 Å². The van der Waals surface area contributed by atoms with Crippen molar-refractivity contribution in [3.8, 4) is 0 Å². The van der Waals surface area contributed by atoms with Crippen LogP contribution in [0.25, 0.3) is 0 Å².